The van der Waals surface area contributed by atoms with E-state index in [0.29, 0.717) is 18.4 Å². The lowest BCUT2D eigenvalue weighted by molar-refractivity contribution is 0.182. The molecular weight excluding hydrogens is 236 g/mol. The molecular formula is C14H19ClO2. The Morgan fingerprint density at radius 3 is 2.59 bits per heavy atom. The van der Waals surface area contributed by atoms with Gasteiger partial charge in [-0.25, -0.2) is 0 Å². The number of hydrogen-bond donors (Lipinski definition) is 1. The predicted molar refractivity (Wildman–Crippen MR) is 69.8 cm³/mol. The summed E-state index contributed by atoms with van der Waals surface area (Å²) in [7, 11) is 1.68. The van der Waals surface area contributed by atoms with Crippen molar-refractivity contribution in [2.75, 3.05) is 13.7 Å². The molecule has 17 heavy (non-hydrogen) atoms. The van der Waals surface area contributed by atoms with Crippen molar-refractivity contribution in [3.8, 4) is 5.75 Å². The van der Waals surface area contributed by atoms with E-state index in [9.17, 15) is 0 Å². The summed E-state index contributed by atoms with van der Waals surface area (Å²) in [6.45, 7) is 0.318. The first-order chi connectivity index (χ1) is 8.24. The summed E-state index contributed by atoms with van der Waals surface area (Å²) >= 11 is 6.25. The Hall–Kier alpha value is -0.730. The van der Waals surface area contributed by atoms with Crippen LogP contribution in [0, 0.1) is 5.92 Å². The van der Waals surface area contributed by atoms with Crippen molar-refractivity contribution < 1.29 is 9.84 Å². The second-order valence-corrected chi connectivity index (χ2v) is 5.19. The number of aliphatic hydroxyl groups is 1. The van der Waals surface area contributed by atoms with Crippen LogP contribution in [-0.2, 0) is 0 Å². The number of aliphatic hydroxyl groups excluding tert-OH is 1. The average molecular weight is 255 g/mol. The Kier molecular flexibility index (Phi) is 4.30. The Morgan fingerprint density at radius 2 is 2.00 bits per heavy atom. The Morgan fingerprint density at radius 1 is 1.29 bits per heavy atom. The van der Waals surface area contributed by atoms with E-state index in [0.717, 1.165) is 36.5 Å². The van der Waals surface area contributed by atoms with Gasteiger partial charge in [-0.3, -0.25) is 0 Å². The van der Waals surface area contributed by atoms with Crippen LogP contribution in [0.15, 0.2) is 18.2 Å². The second-order valence-electron chi connectivity index (χ2n) is 4.79. The van der Waals surface area contributed by atoms with Gasteiger partial charge in [-0.1, -0.05) is 11.6 Å². The van der Waals surface area contributed by atoms with Crippen LogP contribution in [0.1, 0.15) is 37.2 Å². The highest BCUT2D eigenvalue weighted by Gasteiger charge is 2.23. The maximum atomic E-state index is 9.14. The minimum atomic E-state index is 0.318. The fourth-order valence-corrected chi connectivity index (χ4v) is 2.89. The molecule has 1 aromatic rings. The van der Waals surface area contributed by atoms with Crippen LogP contribution in [0.25, 0.3) is 0 Å². The highest BCUT2D eigenvalue weighted by atomic mass is 35.5. The van der Waals surface area contributed by atoms with Crippen molar-refractivity contribution >= 4 is 11.6 Å². The van der Waals surface area contributed by atoms with Crippen molar-refractivity contribution in [1.29, 1.82) is 0 Å². The Balaban J connectivity index is 2.12. The lowest BCUT2D eigenvalue weighted by Crippen LogP contribution is -2.16. The molecule has 1 aliphatic carbocycles. The van der Waals surface area contributed by atoms with E-state index in [1.54, 1.807) is 7.11 Å². The summed E-state index contributed by atoms with van der Waals surface area (Å²) in [5.41, 5.74) is 1.20. The van der Waals surface area contributed by atoms with Gasteiger partial charge >= 0.3 is 0 Å². The molecule has 0 aliphatic heterocycles. The Bertz CT molecular complexity index is 370. The van der Waals surface area contributed by atoms with E-state index in [4.69, 9.17) is 21.4 Å². The van der Waals surface area contributed by atoms with Gasteiger partial charge in [-0.05, 0) is 61.3 Å². The third kappa shape index (κ3) is 2.93. The van der Waals surface area contributed by atoms with Crippen molar-refractivity contribution in [2.24, 2.45) is 5.92 Å². The summed E-state index contributed by atoms with van der Waals surface area (Å²) < 4.78 is 5.24. The zero-order chi connectivity index (χ0) is 12.3. The zero-order valence-corrected chi connectivity index (χ0v) is 10.9. The smallest absolute Gasteiger partial charge is 0.119 e. The fraction of sp³-hybridized carbons (Fsp3) is 0.571. The molecule has 0 bridgehead atoms. The van der Waals surface area contributed by atoms with Gasteiger partial charge < -0.3 is 9.84 Å². The zero-order valence-electron chi connectivity index (χ0n) is 10.2. The third-order valence-electron chi connectivity index (χ3n) is 3.75. The SMILES string of the molecule is COc1ccc(Cl)c(C2CCC(CO)CC2)c1. The number of benzene rings is 1. The number of hydrogen-bond acceptors (Lipinski definition) is 2. The molecule has 2 nitrogen and oxygen atoms in total. The van der Waals surface area contributed by atoms with Crippen LogP contribution in [-0.4, -0.2) is 18.8 Å². The normalized spacial score (nSPS) is 24.6. The van der Waals surface area contributed by atoms with E-state index in [-0.39, 0.29) is 0 Å². The molecule has 1 fully saturated rings. The topological polar surface area (TPSA) is 29.5 Å². The minimum Gasteiger partial charge on any atom is -0.497 e. The van der Waals surface area contributed by atoms with Crippen LogP contribution in [0.2, 0.25) is 5.02 Å². The summed E-state index contributed by atoms with van der Waals surface area (Å²) in [6.07, 6.45) is 4.40. The van der Waals surface area contributed by atoms with Gasteiger partial charge in [-0.2, -0.15) is 0 Å². The lowest BCUT2D eigenvalue weighted by atomic mass is 9.79. The fourth-order valence-electron chi connectivity index (χ4n) is 2.62. The monoisotopic (exact) mass is 254 g/mol. The average Bonchev–Trinajstić information content (AvgIpc) is 2.39. The molecule has 1 N–H and O–H groups in total. The lowest BCUT2D eigenvalue weighted by Gasteiger charge is -2.28. The molecule has 0 aromatic heterocycles. The molecule has 0 radical (unpaired) electrons. The molecule has 1 saturated carbocycles. The first-order valence-corrected chi connectivity index (χ1v) is 6.56. The van der Waals surface area contributed by atoms with E-state index in [2.05, 4.69) is 0 Å². The molecule has 0 heterocycles. The molecule has 2 rings (SSSR count). The number of ether oxygens (including phenoxy) is 1. The first kappa shape index (κ1) is 12.7. The van der Waals surface area contributed by atoms with E-state index >= 15 is 0 Å². The van der Waals surface area contributed by atoms with Crippen molar-refractivity contribution in [3.63, 3.8) is 0 Å². The maximum Gasteiger partial charge on any atom is 0.119 e. The summed E-state index contributed by atoms with van der Waals surface area (Å²) in [5, 5.41) is 9.97. The van der Waals surface area contributed by atoms with Crippen LogP contribution in [0.4, 0.5) is 0 Å². The summed E-state index contributed by atoms with van der Waals surface area (Å²) in [5.74, 6) is 1.87. The Labute approximate surface area is 108 Å². The second kappa shape index (κ2) is 5.74. The molecule has 0 atom stereocenters. The number of rotatable bonds is 3. The molecule has 3 heteroatoms. The summed E-state index contributed by atoms with van der Waals surface area (Å²) in [6, 6.07) is 5.85. The van der Waals surface area contributed by atoms with Gasteiger partial charge in [-0.15, -0.1) is 0 Å². The van der Waals surface area contributed by atoms with Gasteiger partial charge in [0.25, 0.3) is 0 Å². The first-order valence-electron chi connectivity index (χ1n) is 6.19. The van der Waals surface area contributed by atoms with Crippen molar-refractivity contribution in [3.05, 3.63) is 28.8 Å². The number of halogens is 1. The molecule has 94 valence electrons. The minimum absolute atomic E-state index is 0.318. The molecule has 1 aliphatic rings. The quantitative estimate of drug-likeness (QED) is 0.893. The molecule has 0 amide bonds. The van der Waals surface area contributed by atoms with Crippen LogP contribution < -0.4 is 4.74 Å². The van der Waals surface area contributed by atoms with Gasteiger partial charge in [0.15, 0.2) is 0 Å². The van der Waals surface area contributed by atoms with E-state index in [1.165, 1.54) is 5.56 Å². The van der Waals surface area contributed by atoms with E-state index in [1.807, 2.05) is 18.2 Å². The van der Waals surface area contributed by atoms with Crippen LogP contribution >= 0.6 is 11.6 Å². The molecule has 1 aromatic carbocycles. The standard InChI is InChI=1S/C14H19ClO2/c1-17-12-6-7-14(15)13(8-12)11-4-2-10(9-16)3-5-11/h6-8,10-11,16H,2-5,9H2,1H3. The number of methoxy groups -OCH3 is 1. The molecule has 0 unspecified atom stereocenters. The van der Waals surface area contributed by atoms with Crippen LogP contribution in [0.5, 0.6) is 5.75 Å². The highest BCUT2D eigenvalue weighted by Crippen LogP contribution is 2.39. The van der Waals surface area contributed by atoms with Gasteiger partial charge in [0, 0.05) is 11.6 Å². The van der Waals surface area contributed by atoms with Crippen molar-refractivity contribution in [2.45, 2.75) is 31.6 Å². The van der Waals surface area contributed by atoms with E-state index < -0.39 is 0 Å². The predicted octanol–water partition coefficient (Wildman–Crippen LogP) is 3.61. The highest BCUT2D eigenvalue weighted by molar-refractivity contribution is 6.31. The third-order valence-corrected chi connectivity index (χ3v) is 4.09. The maximum absolute atomic E-state index is 9.14. The van der Waals surface area contributed by atoms with Crippen LogP contribution in [0.3, 0.4) is 0 Å². The largest absolute Gasteiger partial charge is 0.497 e. The van der Waals surface area contributed by atoms with Gasteiger partial charge in [0.1, 0.15) is 5.75 Å². The molecule has 0 saturated heterocycles. The van der Waals surface area contributed by atoms with Gasteiger partial charge in [0.2, 0.25) is 0 Å². The molecule has 0 spiro atoms. The van der Waals surface area contributed by atoms with Crippen molar-refractivity contribution in [1.82, 2.24) is 0 Å². The summed E-state index contributed by atoms with van der Waals surface area (Å²) in [4.78, 5) is 0. The van der Waals surface area contributed by atoms with Gasteiger partial charge in [0.05, 0.1) is 7.11 Å².